The van der Waals surface area contributed by atoms with Crippen LogP contribution in [0.5, 0.6) is 0 Å². The van der Waals surface area contributed by atoms with Gasteiger partial charge in [0.15, 0.2) is 11.4 Å². The minimum atomic E-state index is -0.239. The molecule has 0 unspecified atom stereocenters. The van der Waals surface area contributed by atoms with E-state index in [1.165, 1.54) is 0 Å². The Hall–Kier alpha value is -2.83. The summed E-state index contributed by atoms with van der Waals surface area (Å²) < 4.78 is 7.31. The maximum Gasteiger partial charge on any atom is 0.286 e. The second kappa shape index (κ2) is 6.35. The zero-order valence-electron chi connectivity index (χ0n) is 14.3. The van der Waals surface area contributed by atoms with Gasteiger partial charge in [0.25, 0.3) is 5.91 Å². The van der Waals surface area contributed by atoms with Gasteiger partial charge in [-0.3, -0.25) is 4.79 Å². The van der Waals surface area contributed by atoms with Crippen LogP contribution in [0, 0.1) is 6.92 Å². The summed E-state index contributed by atoms with van der Waals surface area (Å²) in [6.07, 6.45) is 0. The second-order valence-corrected chi connectivity index (χ2v) is 5.98. The van der Waals surface area contributed by atoms with Crippen molar-refractivity contribution in [2.24, 2.45) is 0 Å². The van der Waals surface area contributed by atoms with Crippen LogP contribution >= 0.6 is 0 Å². The van der Waals surface area contributed by atoms with E-state index in [-0.39, 0.29) is 5.91 Å². The van der Waals surface area contributed by atoms with E-state index in [4.69, 9.17) is 4.42 Å². The Kier molecular flexibility index (Phi) is 4.24. The van der Waals surface area contributed by atoms with Crippen LogP contribution < -0.4 is 10.6 Å². The Morgan fingerprint density at radius 3 is 2.83 bits per heavy atom. The van der Waals surface area contributed by atoms with Crippen molar-refractivity contribution in [3.05, 3.63) is 47.2 Å². The van der Waals surface area contributed by atoms with Crippen molar-refractivity contribution in [3.8, 4) is 0 Å². The van der Waals surface area contributed by atoms with Gasteiger partial charge in [-0.05, 0) is 25.0 Å². The molecule has 0 saturated heterocycles. The second-order valence-electron chi connectivity index (χ2n) is 5.98. The van der Waals surface area contributed by atoms with Crippen molar-refractivity contribution in [3.63, 3.8) is 0 Å². The maximum absolute atomic E-state index is 11.6. The molecule has 7 heteroatoms. The average Bonchev–Trinajstić information content (AvgIpc) is 3.17. The molecule has 2 N–H and O–H groups in total. The van der Waals surface area contributed by atoms with Gasteiger partial charge in [-0.2, -0.15) is 9.61 Å². The fraction of sp³-hybridized carbons (Fsp3) is 0.353. The highest BCUT2D eigenvalue weighted by molar-refractivity contribution is 5.91. The van der Waals surface area contributed by atoms with Gasteiger partial charge < -0.3 is 15.1 Å². The number of carbonyl (C=O) groups is 1. The molecule has 0 spiro atoms. The van der Waals surface area contributed by atoms with Gasteiger partial charge in [0.2, 0.25) is 0 Å². The SMILES string of the molecule is CNC(=O)c1ccc(CNc2cc(C(C)C)nc3cc(C)nn23)o1. The molecular weight excluding hydrogens is 306 g/mol. The molecule has 0 atom stereocenters. The Bertz CT molecular complexity index is 878. The van der Waals surface area contributed by atoms with Crippen molar-refractivity contribution in [1.82, 2.24) is 19.9 Å². The van der Waals surface area contributed by atoms with Crippen LogP contribution in [0.25, 0.3) is 5.65 Å². The third-order valence-corrected chi connectivity index (χ3v) is 3.72. The van der Waals surface area contributed by atoms with Gasteiger partial charge >= 0.3 is 0 Å². The summed E-state index contributed by atoms with van der Waals surface area (Å²) >= 11 is 0. The van der Waals surface area contributed by atoms with Gasteiger partial charge in [0.05, 0.1) is 12.2 Å². The Morgan fingerprint density at radius 2 is 2.12 bits per heavy atom. The van der Waals surface area contributed by atoms with Crippen LogP contribution in [0.2, 0.25) is 0 Å². The van der Waals surface area contributed by atoms with Gasteiger partial charge in [0, 0.05) is 24.9 Å². The summed E-state index contributed by atoms with van der Waals surface area (Å²) in [7, 11) is 1.57. The monoisotopic (exact) mass is 327 g/mol. The molecule has 0 bridgehead atoms. The molecule has 3 heterocycles. The van der Waals surface area contributed by atoms with E-state index in [0.717, 1.165) is 22.9 Å². The number of fused-ring (bicyclic) bond motifs is 1. The summed E-state index contributed by atoms with van der Waals surface area (Å²) in [6, 6.07) is 7.39. The van der Waals surface area contributed by atoms with E-state index in [9.17, 15) is 4.79 Å². The lowest BCUT2D eigenvalue weighted by Crippen LogP contribution is -2.16. The molecule has 0 aliphatic heterocycles. The molecule has 0 aromatic carbocycles. The number of rotatable bonds is 5. The first-order valence-electron chi connectivity index (χ1n) is 7.90. The summed E-state index contributed by atoms with van der Waals surface area (Å²) in [5.74, 6) is 1.89. The van der Waals surface area contributed by atoms with Crippen LogP contribution in [0.4, 0.5) is 5.82 Å². The fourth-order valence-electron chi connectivity index (χ4n) is 2.43. The van der Waals surface area contributed by atoms with Crippen LogP contribution in [-0.2, 0) is 6.54 Å². The van der Waals surface area contributed by atoms with Crippen LogP contribution in [-0.4, -0.2) is 27.6 Å². The number of aromatic nitrogens is 3. The molecule has 7 nitrogen and oxygen atoms in total. The third-order valence-electron chi connectivity index (χ3n) is 3.72. The first-order chi connectivity index (χ1) is 11.5. The Labute approximate surface area is 140 Å². The largest absolute Gasteiger partial charge is 0.454 e. The third kappa shape index (κ3) is 3.10. The number of carbonyl (C=O) groups excluding carboxylic acids is 1. The first-order valence-corrected chi connectivity index (χ1v) is 7.90. The molecule has 0 aliphatic rings. The topological polar surface area (TPSA) is 84.5 Å². The lowest BCUT2D eigenvalue weighted by atomic mass is 10.1. The minimum Gasteiger partial charge on any atom is -0.454 e. The molecule has 3 aromatic heterocycles. The van der Waals surface area contributed by atoms with Crippen molar-refractivity contribution in [2.75, 3.05) is 12.4 Å². The lowest BCUT2D eigenvalue weighted by molar-refractivity contribution is 0.0934. The van der Waals surface area contributed by atoms with Crippen molar-refractivity contribution in [2.45, 2.75) is 33.2 Å². The smallest absolute Gasteiger partial charge is 0.286 e. The van der Waals surface area contributed by atoms with E-state index < -0.39 is 0 Å². The molecule has 3 aromatic rings. The van der Waals surface area contributed by atoms with E-state index in [2.05, 4.69) is 34.6 Å². The van der Waals surface area contributed by atoms with Crippen molar-refractivity contribution >= 4 is 17.4 Å². The van der Waals surface area contributed by atoms with Crippen molar-refractivity contribution in [1.29, 1.82) is 0 Å². The quantitative estimate of drug-likeness (QED) is 0.753. The molecular formula is C17H21N5O2. The molecule has 24 heavy (non-hydrogen) atoms. The zero-order chi connectivity index (χ0) is 17.3. The normalized spacial score (nSPS) is 11.2. The van der Waals surface area contributed by atoms with E-state index in [1.54, 1.807) is 23.7 Å². The zero-order valence-corrected chi connectivity index (χ0v) is 14.3. The molecule has 126 valence electrons. The summed E-state index contributed by atoms with van der Waals surface area (Å²) in [6.45, 7) is 6.60. The summed E-state index contributed by atoms with van der Waals surface area (Å²) in [5, 5.41) is 10.3. The fourth-order valence-corrected chi connectivity index (χ4v) is 2.43. The molecule has 1 amide bonds. The highest BCUT2D eigenvalue weighted by Gasteiger charge is 2.12. The van der Waals surface area contributed by atoms with Gasteiger partial charge in [-0.15, -0.1) is 0 Å². The van der Waals surface area contributed by atoms with E-state index in [0.29, 0.717) is 24.0 Å². The van der Waals surface area contributed by atoms with E-state index >= 15 is 0 Å². The van der Waals surface area contributed by atoms with Crippen LogP contribution in [0.15, 0.2) is 28.7 Å². The number of aryl methyl sites for hydroxylation is 1. The number of amides is 1. The van der Waals surface area contributed by atoms with Gasteiger partial charge in [-0.25, -0.2) is 4.98 Å². The predicted octanol–water partition coefficient (Wildman–Crippen LogP) is 2.73. The molecule has 0 fully saturated rings. The Balaban J connectivity index is 1.86. The minimum absolute atomic E-state index is 0.239. The predicted molar refractivity (Wildman–Crippen MR) is 91.2 cm³/mol. The number of anilines is 1. The number of furan rings is 1. The number of nitrogens with zero attached hydrogens (tertiary/aromatic N) is 3. The van der Waals surface area contributed by atoms with E-state index in [1.807, 2.05) is 19.1 Å². The van der Waals surface area contributed by atoms with Crippen LogP contribution in [0.1, 0.15) is 47.5 Å². The van der Waals surface area contributed by atoms with Crippen LogP contribution in [0.3, 0.4) is 0 Å². The Morgan fingerprint density at radius 1 is 1.33 bits per heavy atom. The first kappa shape index (κ1) is 16.0. The van der Waals surface area contributed by atoms with Crippen molar-refractivity contribution < 1.29 is 9.21 Å². The number of hydrogen-bond acceptors (Lipinski definition) is 5. The molecule has 0 radical (unpaired) electrons. The summed E-state index contributed by atoms with van der Waals surface area (Å²) in [5.41, 5.74) is 2.72. The molecule has 0 saturated carbocycles. The molecule has 3 rings (SSSR count). The standard InChI is InChI=1S/C17H21N5O2/c1-10(2)13-8-15(22-16(20-13)7-11(3)21-22)19-9-12-5-6-14(24-12)17(23)18-4/h5-8,10,19H,9H2,1-4H3,(H,18,23). The highest BCUT2D eigenvalue weighted by Crippen LogP contribution is 2.20. The number of hydrogen-bond donors (Lipinski definition) is 2. The summed E-state index contributed by atoms with van der Waals surface area (Å²) in [4.78, 5) is 16.2. The van der Waals surface area contributed by atoms with Gasteiger partial charge in [0.1, 0.15) is 11.6 Å². The average molecular weight is 327 g/mol. The van der Waals surface area contributed by atoms with Gasteiger partial charge in [-0.1, -0.05) is 13.8 Å². The molecule has 0 aliphatic carbocycles. The number of nitrogens with one attached hydrogen (secondary N) is 2. The lowest BCUT2D eigenvalue weighted by Gasteiger charge is -2.11. The highest BCUT2D eigenvalue weighted by atomic mass is 16.4. The maximum atomic E-state index is 11.6.